The van der Waals surface area contributed by atoms with E-state index in [1.807, 2.05) is 35.2 Å². The lowest BCUT2D eigenvalue weighted by atomic mass is 9.87. The fourth-order valence-corrected chi connectivity index (χ4v) is 5.01. The van der Waals surface area contributed by atoms with Crippen LogP contribution in [0.1, 0.15) is 61.3 Å². The van der Waals surface area contributed by atoms with E-state index in [9.17, 15) is 22.4 Å². The Hall–Kier alpha value is -2.41. The Balaban J connectivity index is 1.51. The second-order valence-corrected chi connectivity index (χ2v) is 8.80. The van der Waals surface area contributed by atoms with E-state index in [0.717, 1.165) is 37.3 Å². The molecule has 1 heterocycles. The lowest BCUT2D eigenvalue weighted by molar-refractivity contribution is -0.138. The summed E-state index contributed by atoms with van der Waals surface area (Å²) in [5, 5.41) is 3.32. The van der Waals surface area contributed by atoms with Crippen LogP contribution in [0.4, 0.5) is 17.6 Å². The van der Waals surface area contributed by atoms with Crippen LogP contribution in [0.2, 0.25) is 0 Å². The topological polar surface area (TPSA) is 32.3 Å². The molecule has 2 aliphatic rings. The smallest absolute Gasteiger partial charge is 0.334 e. The first-order valence-electron chi connectivity index (χ1n) is 11.3. The molecule has 0 bridgehead atoms. The molecule has 1 saturated carbocycles. The van der Waals surface area contributed by atoms with E-state index in [1.165, 1.54) is 12.5 Å². The van der Waals surface area contributed by atoms with E-state index < -0.39 is 17.6 Å². The van der Waals surface area contributed by atoms with Crippen LogP contribution < -0.4 is 5.32 Å². The average Bonchev–Trinajstić information content (AvgIpc) is 3.22. The van der Waals surface area contributed by atoms with Gasteiger partial charge in [0.25, 0.3) is 0 Å². The van der Waals surface area contributed by atoms with Crippen molar-refractivity contribution in [1.29, 1.82) is 0 Å². The molecule has 2 fully saturated rings. The summed E-state index contributed by atoms with van der Waals surface area (Å²) < 4.78 is 52.8. The molecule has 1 aliphatic heterocycles. The fourth-order valence-electron chi connectivity index (χ4n) is 5.01. The summed E-state index contributed by atoms with van der Waals surface area (Å²) in [5.74, 6) is -0.638. The molecule has 0 radical (unpaired) electrons. The molecule has 2 aromatic carbocycles. The zero-order valence-corrected chi connectivity index (χ0v) is 17.9. The third-order valence-corrected chi connectivity index (χ3v) is 6.71. The highest BCUT2D eigenvalue weighted by molar-refractivity contribution is 5.80. The molecule has 2 unspecified atom stereocenters. The standard InChI is InChI=1S/C25H28F4N2O/c26-21-15-20(25(27,28)29)12-11-19(21)16-30-22-13-14-31(23(22)17-7-3-1-4-8-17)24(32)18-9-5-2-6-10-18/h1,3-4,7-8,11-12,15,18,22-23,30H,2,5-6,9-10,13-14,16H2. The third kappa shape index (κ3) is 4.98. The summed E-state index contributed by atoms with van der Waals surface area (Å²) in [6.45, 7) is 0.714. The van der Waals surface area contributed by atoms with E-state index in [1.54, 1.807) is 0 Å². The highest BCUT2D eigenvalue weighted by Crippen LogP contribution is 2.36. The van der Waals surface area contributed by atoms with Crippen molar-refractivity contribution in [3.8, 4) is 0 Å². The highest BCUT2D eigenvalue weighted by atomic mass is 19.4. The summed E-state index contributed by atoms with van der Waals surface area (Å²) in [7, 11) is 0. The highest BCUT2D eigenvalue weighted by Gasteiger charge is 2.40. The van der Waals surface area contributed by atoms with Crippen LogP contribution in [-0.4, -0.2) is 23.4 Å². The van der Waals surface area contributed by atoms with Gasteiger partial charge in [-0.2, -0.15) is 13.2 Å². The monoisotopic (exact) mass is 448 g/mol. The van der Waals surface area contributed by atoms with Crippen molar-refractivity contribution in [2.75, 3.05) is 6.54 Å². The number of hydrogen-bond donors (Lipinski definition) is 1. The van der Waals surface area contributed by atoms with Gasteiger partial charge in [0, 0.05) is 30.6 Å². The molecule has 32 heavy (non-hydrogen) atoms. The van der Waals surface area contributed by atoms with Crippen molar-refractivity contribution in [3.05, 3.63) is 71.0 Å². The van der Waals surface area contributed by atoms with Crippen LogP contribution >= 0.6 is 0 Å². The molecule has 2 atom stereocenters. The maximum Gasteiger partial charge on any atom is 0.416 e. The van der Waals surface area contributed by atoms with Gasteiger partial charge in [-0.25, -0.2) is 4.39 Å². The number of likely N-dealkylation sites (tertiary alicyclic amines) is 1. The van der Waals surface area contributed by atoms with Crippen molar-refractivity contribution in [2.24, 2.45) is 5.92 Å². The van der Waals surface area contributed by atoms with E-state index in [-0.39, 0.29) is 36.0 Å². The Kier molecular flexibility index (Phi) is 6.84. The largest absolute Gasteiger partial charge is 0.416 e. The first-order chi connectivity index (χ1) is 15.3. The zero-order valence-electron chi connectivity index (χ0n) is 17.9. The molecule has 1 N–H and O–H groups in total. The van der Waals surface area contributed by atoms with Gasteiger partial charge in [-0.05, 0) is 37.0 Å². The molecule has 2 aromatic rings. The maximum atomic E-state index is 14.3. The molecule has 1 aliphatic carbocycles. The summed E-state index contributed by atoms with van der Waals surface area (Å²) in [4.78, 5) is 15.3. The van der Waals surface area contributed by atoms with Crippen LogP contribution in [0.3, 0.4) is 0 Å². The molecular formula is C25H28F4N2O. The maximum absolute atomic E-state index is 14.3. The van der Waals surface area contributed by atoms with Gasteiger partial charge in [0.15, 0.2) is 0 Å². The first-order valence-corrected chi connectivity index (χ1v) is 11.3. The van der Waals surface area contributed by atoms with Crippen molar-refractivity contribution in [1.82, 2.24) is 10.2 Å². The predicted octanol–water partition coefficient (Wildman–Crippen LogP) is 5.86. The minimum absolute atomic E-state index is 0.0565. The number of amides is 1. The fraction of sp³-hybridized carbons (Fsp3) is 0.480. The summed E-state index contributed by atoms with van der Waals surface area (Å²) in [6, 6.07) is 12.1. The van der Waals surface area contributed by atoms with E-state index in [4.69, 9.17) is 0 Å². The van der Waals surface area contributed by atoms with Gasteiger partial charge >= 0.3 is 6.18 Å². The summed E-state index contributed by atoms with van der Waals surface area (Å²) in [6.07, 6.45) is 1.31. The van der Waals surface area contributed by atoms with Crippen molar-refractivity contribution in [2.45, 2.75) is 63.3 Å². The molecule has 1 saturated heterocycles. The van der Waals surface area contributed by atoms with Gasteiger partial charge < -0.3 is 10.2 Å². The number of halogens is 4. The molecule has 1 amide bonds. The molecule has 4 rings (SSSR count). The summed E-state index contributed by atoms with van der Waals surface area (Å²) in [5.41, 5.74) is 0.201. The molecular weight excluding hydrogens is 420 g/mol. The predicted molar refractivity (Wildman–Crippen MR) is 114 cm³/mol. The van der Waals surface area contributed by atoms with Gasteiger partial charge in [0.1, 0.15) is 5.82 Å². The van der Waals surface area contributed by atoms with Gasteiger partial charge in [0.2, 0.25) is 5.91 Å². The number of hydrogen-bond acceptors (Lipinski definition) is 2. The molecule has 7 heteroatoms. The number of nitrogens with zero attached hydrogens (tertiary/aromatic N) is 1. The Morgan fingerprint density at radius 2 is 1.72 bits per heavy atom. The molecule has 172 valence electrons. The van der Waals surface area contributed by atoms with Gasteiger partial charge in [-0.15, -0.1) is 0 Å². The first kappa shape index (κ1) is 22.8. The van der Waals surface area contributed by atoms with Crippen LogP contribution in [0.5, 0.6) is 0 Å². The van der Waals surface area contributed by atoms with E-state index in [2.05, 4.69) is 5.32 Å². The number of carbonyl (C=O) groups is 1. The van der Waals surface area contributed by atoms with Gasteiger partial charge in [-0.1, -0.05) is 55.7 Å². The number of carbonyl (C=O) groups excluding carboxylic acids is 1. The Bertz CT molecular complexity index is 925. The zero-order chi connectivity index (χ0) is 22.7. The average molecular weight is 449 g/mol. The minimum atomic E-state index is -4.57. The van der Waals surface area contributed by atoms with Gasteiger partial charge in [0.05, 0.1) is 11.6 Å². The van der Waals surface area contributed by atoms with E-state index >= 15 is 0 Å². The Labute approximate surface area is 185 Å². The lowest BCUT2D eigenvalue weighted by Gasteiger charge is -2.33. The number of rotatable bonds is 5. The van der Waals surface area contributed by atoms with Crippen LogP contribution in [0.25, 0.3) is 0 Å². The second-order valence-electron chi connectivity index (χ2n) is 8.80. The quantitative estimate of drug-likeness (QED) is 0.582. The van der Waals surface area contributed by atoms with Gasteiger partial charge in [-0.3, -0.25) is 4.79 Å². The number of alkyl halides is 3. The second kappa shape index (κ2) is 9.61. The minimum Gasteiger partial charge on any atom is -0.334 e. The van der Waals surface area contributed by atoms with Crippen molar-refractivity contribution in [3.63, 3.8) is 0 Å². The molecule has 0 aromatic heterocycles. The van der Waals surface area contributed by atoms with Crippen molar-refractivity contribution >= 4 is 5.91 Å². The third-order valence-electron chi connectivity index (χ3n) is 6.71. The molecule has 0 spiro atoms. The van der Waals surface area contributed by atoms with E-state index in [0.29, 0.717) is 19.0 Å². The van der Waals surface area contributed by atoms with Crippen molar-refractivity contribution < 1.29 is 22.4 Å². The normalized spacial score (nSPS) is 22.3. The Morgan fingerprint density at radius 3 is 2.38 bits per heavy atom. The number of nitrogens with one attached hydrogen (secondary N) is 1. The number of benzene rings is 2. The Morgan fingerprint density at radius 1 is 1.00 bits per heavy atom. The van der Waals surface area contributed by atoms with Crippen LogP contribution in [0.15, 0.2) is 48.5 Å². The molecule has 3 nitrogen and oxygen atoms in total. The van der Waals surface area contributed by atoms with Crippen LogP contribution in [-0.2, 0) is 17.5 Å². The lowest BCUT2D eigenvalue weighted by Crippen LogP contribution is -2.41. The summed E-state index contributed by atoms with van der Waals surface area (Å²) >= 11 is 0. The SMILES string of the molecule is O=C(C1CCCCC1)N1CCC(NCc2ccc(C(F)(F)F)cc2F)C1c1ccccc1. The van der Waals surface area contributed by atoms with Crippen LogP contribution in [0, 0.1) is 11.7 Å².